The first-order valence-electron chi connectivity index (χ1n) is 6.06. The Bertz CT molecular complexity index is 656. The number of nitrogens with zero attached hydrogens (tertiary/aromatic N) is 2. The highest BCUT2D eigenvalue weighted by atomic mass is 14.9. The number of anilines is 1. The Morgan fingerprint density at radius 2 is 1.89 bits per heavy atom. The smallest absolute Gasteiger partial charge is 0.0481 e. The van der Waals surface area contributed by atoms with Gasteiger partial charge in [0.15, 0.2) is 0 Å². The fourth-order valence-corrected chi connectivity index (χ4v) is 2.21. The van der Waals surface area contributed by atoms with Crippen molar-refractivity contribution in [2.45, 2.75) is 13.0 Å². The van der Waals surface area contributed by atoms with Gasteiger partial charge >= 0.3 is 0 Å². The second kappa shape index (κ2) is 4.53. The monoisotopic (exact) mass is 237 g/mol. The molecule has 2 aromatic heterocycles. The summed E-state index contributed by atoms with van der Waals surface area (Å²) in [5, 5.41) is 1.20. The topological polar surface area (TPSA) is 43.8 Å². The first-order chi connectivity index (χ1) is 8.83. The molecule has 0 atom stereocenters. The number of fused-ring (bicyclic) bond motifs is 1. The molecule has 18 heavy (non-hydrogen) atoms. The molecule has 0 radical (unpaired) electrons. The Morgan fingerprint density at radius 3 is 2.72 bits per heavy atom. The van der Waals surface area contributed by atoms with Crippen LogP contribution in [0.1, 0.15) is 5.56 Å². The Balaban J connectivity index is 1.83. The predicted molar refractivity (Wildman–Crippen MR) is 74.3 cm³/mol. The predicted octanol–water partition coefficient (Wildman–Crippen LogP) is 2.86. The van der Waals surface area contributed by atoms with E-state index in [0.717, 1.165) is 18.7 Å². The summed E-state index contributed by atoms with van der Waals surface area (Å²) in [5.41, 5.74) is 9.14. The average molecular weight is 237 g/mol. The normalized spacial score (nSPS) is 10.9. The van der Waals surface area contributed by atoms with E-state index in [2.05, 4.69) is 40.0 Å². The Morgan fingerprint density at radius 1 is 1.06 bits per heavy atom. The van der Waals surface area contributed by atoms with Crippen molar-refractivity contribution in [3.63, 3.8) is 0 Å². The molecule has 2 N–H and O–H groups in total. The van der Waals surface area contributed by atoms with Gasteiger partial charge in [0.05, 0.1) is 0 Å². The lowest BCUT2D eigenvalue weighted by molar-refractivity contribution is 0.722. The first-order valence-corrected chi connectivity index (χ1v) is 6.06. The molecule has 3 aromatic rings. The lowest BCUT2D eigenvalue weighted by Crippen LogP contribution is -1.99. The highest BCUT2D eigenvalue weighted by Crippen LogP contribution is 2.19. The van der Waals surface area contributed by atoms with Crippen molar-refractivity contribution in [1.82, 2.24) is 9.55 Å². The van der Waals surface area contributed by atoms with E-state index in [9.17, 15) is 0 Å². The molecule has 0 spiro atoms. The minimum atomic E-state index is 0.814. The maximum Gasteiger partial charge on any atom is 0.0481 e. The molecule has 0 aliphatic heterocycles. The summed E-state index contributed by atoms with van der Waals surface area (Å²) in [6.07, 6.45) is 6.80. The summed E-state index contributed by atoms with van der Waals surface area (Å²) >= 11 is 0. The fraction of sp³-hybridized carbons (Fsp3) is 0.133. The fourth-order valence-electron chi connectivity index (χ4n) is 2.21. The van der Waals surface area contributed by atoms with E-state index in [4.69, 9.17) is 5.73 Å². The Kier molecular flexibility index (Phi) is 2.73. The number of aromatic nitrogens is 2. The van der Waals surface area contributed by atoms with Gasteiger partial charge in [0, 0.05) is 41.7 Å². The lowest BCUT2D eigenvalue weighted by Gasteiger charge is -2.05. The Labute approximate surface area is 106 Å². The van der Waals surface area contributed by atoms with Gasteiger partial charge in [0.2, 0.25) is 0 Å². The third kappa shape index (κ3) is 2.07. The van der Waals surface area contributed by atoms with Gasteiger partial charge in [-0.15, -0.1) is 0 Å². The maximum atomic E-state index is 5.78. The van der Waals surface area contributed by atoms with Crippen LogP contribution in [-0.2, 0) is 13.0 Å². The molecule has 0 bridgehead atoms. The molecule has 2 heterocycles. The molecular weight excluding hydrogens is 222 g/mol. The van der Waals surface area contributed by atoms with Crippen LogP contribution in [0.25, 0.3) is 10.9 Å². The molecule has 0 saturated carbocycles. The van der Waals surface area contributed by atoms with Crippen LogP contribution in [0, 0.1) is 0 Å². The highest BCUT2D eigenvalue weighted by molar-refractivity contribution is 5.83. The van der Waals surface area contributed by atoms with Crippen LogP contribution >= 0.6 is 0 Å². The molecule has 90 valence electrons. The van der Waals surface area contributed by atoms with Crippen molar-refractivity contribution >= 4 is 16.6 Å². The number of rotatable bonds is 3. The van der Waals surface area contributed by atoms with Crippen LogP contribution in [-0.4, -0.2) is 9.55 Å². The summed E-state index contributed by atoms with van der Waals surface area (Å²) in [6.45, 7) is 0.970. The van der Waals surface area contributed by atoms with Crippen LogP contribution in [0.5, 0.6) is 0 Å². The van der Waals surface area contributed by atoms with Gasteiger partial charge in [-0.3, -0.25) is 4.98 Å². The summed E-state index contributed by atoms with van der Waals surface area (Å²) in [4.78, 5) is 4.03. The average Bonchev–Trinajstić information content (AvgIpc) is 2.80. The number of benzene rings is 1. The van der Waals surface area contributed by atoms with Gasteiger partial charge in [-0.25, -0.2) is 0 Å². The number of nitrogens with two attached hydrogens (primary N) is 1. The number of hydrogen-bond donors (Lipinski definition) is 1. The van der Waals surface area contributed by atoms with Gasteiger partial charge < -0.3 is 10.3 Å². The first kappa shape index (κ1) is 10.8. The standard InChI is InChI=1S/C15H15N3/c16-14-1-2-15-13(11-14)6-10-18(15)9-5-12-3-7-17-8-4-12/h1-4,6-8,10-11H,5,9,16H2. The minimum Gasteiger partial charge on any atom is -0.399 e. The molecule has 0 unspecified atom stereocenters. The van der Waals surface area contributed by atoms with Crippen LogP contribution < -0.4 is 5.73 Å². The van der Waals surface area contributed by atoms with Crippen molar-refractivity contribution < 1.29 is 0 Å². The molecule has 3 nitrogen and oxygen atoms in total. The van der Waals surface area contributed by atoms with Crippen LogP contribution in [0.4, 0.5) is 5.69 Å². The number of pyridine rings is 1. The largest absolute Gasteiger partial charge is 0.399 e. The number of aryl methyl sites for hydroxylation is 2. The zero-order valence-electron chi connectivity index (χ0n) is 10.1. The molecule has 0 saturated heterocycles. The molecule has 0 aliphatic rings. The van der Waals surface area contributed by atoms with Crippen LogP contribution in [0.3, 0.4) is 0 Å². The van der Waals surface area contributed by atoms with Crippen LogP contribution in [0.15, 0.2) is 55.0 Å². The van der Waals surface area contributed by atoms with E-state index in [1.165, 1.54) is 16.5 Å². The SMILES string of the molecule is Nc1ccc2c(ccn2CCc2ccncc2)c1. The summed E-state index contributed by atoms with van der Waals surface area (Å²) in [5.74, 6) is 0. The molecule has 3 heteroatoms. The maximum absolute atomic E-state index is 5.78. The second-order valence-electron chi connectivity index (χ2n) is 4.43. The van der Waals surface area contributed by atoms with E-state index >= 15 is 0 Å². The summed E-state index contributed by atoms with van der Waals surface area (Å²) in [6, 6.07) is 12.3. The summed E-state index contributed by atoms with van der Waals surface area (Å²) in [7, 11) is 0. The van der Waals surface area contributed by atoms with Gasteiger partial charge in [-0.2, -0.15) is 0 Å². The van der Waals surface area contributed by atoms with E-state index in [-0.39, 0.29) is 0 Å². The molecule has 0 amide bonds. The lowest BCUT2D eigenvalue weighted by atomic mass is 10.2. The summed E-state index contributed by atoms with van der Waals surface area (Å²) < 4.78 is 2.26. The van der Waals surface area contributed by atoms with Gasteiger partial charge in [-0.1, -0.05) is 0 Å². The van der Waals surface area contributed by atoms with Crippen molar-refractivity contribution in [2.75, 3.05) is 5.73 Å². The number of nitrogen functional groups attached to an aromatic ring is 1. The highest BCUT2D eigenvalue weighted by Gasteiger charge is 2.01. The van der Waals surface area contributed by atoms with Gasteiger partial charge in [-0.05, 0) is 48.4 Å². The molecule has 1 aromatic carbocycles. The Hall–Kier alpha value is -2.29. The van der Waals surface area contributed by atoms with Gasteiger partial charge in [0.25, 0.3) is 0 Å². The molecule has 0 aliphatic carbocycles. The van der Waals surface area contributed by atoms with E-state index in [1.807, 2.05) is 24.5 Å². The molecular formula is C15H15N3. The van der Waals surface area contributed by atoms with E-state index < -0.39 is 0 Å². The zero-order chi connectivity index (χ0) is 12.4. The van der Waals surface area contributed by atoms with Crippen molar-refractivity contribution in [1.29, 1.82) is 0 Å². The third-order valence-electron chi connectivity index (χ3n) is 3.19. The van der Waals surface area contributed by atoms with Gasteiger partial charge in [0.1, 0.15) is 0 Å². The van der Waals surface area contributed by atoms with Crippen molar-refractivity contribution in [2.24, 2.45) is 0 Å². The van der Waals surface area contributed by atoms with E-state index in [0.29, 0.717) is 0 Å². The molecule has 3 rings (SSSR count). The van der Waals surface area contributed by atoms with Crippen molar-refractivity contribution in [3.8, 4) is 0 Å². The van der Waals surface area contributed by atoms with E-state index in [1.54, 1.807) is 0 Å². The van der Waals surface area contributed by atoms with Crippen LogP contribution in [0.2, 0.25) is 0 Å². The molecule has 0 fully saturated rings. The third-order valence-corrected chi connectivity index (χ3v) is 3.19. The second-order valence-corrected chi connectivity index (χ2v) is 4.43. The zero-order valence-corrected chi connectivity index (χ0v) is 10.1. The number of hydrogen-bond acceptors (Lipinski definition) is 2. The minimum absolute atomic E-state index is 0.814. The van der Waals surface area contributed by atoms with Crippen molar-refractivity contribution in [3.05, 3.63) is 60.6 Å². The quantitative estimate of drug-likeness (QED) is 0.712.